The van der Waals surface area contributed by atoms with Crippen LogP contribution in [0.4, 0.5) is 5.13 Å². The summed E-state index contributed by atoms with van der Waals surface area (Å²) in [5.41, 5.74) is 1.16. The Bertz CT molecular complexity index is 813. The number of amides is 1. The predicted octanol–water partition coefficient (Wildman–Crippen LogP) is 3.29. The maximum atomic E-state index is 11.9. The zero-order valence-electron chi connectivity index (χ0n) is 14.6. The van der Waals surface area contributed by atoms with Gasteiger partial charge in [0, 0.05) is 19.5 Å². The fourth-order valence-electron chi connectivity index (χ4n) is 2.72. The summed E-state index contributed by atoms with van der Waals surface area (Å²) in [4.78, 5) is 15.8. The normalized spacial score (nSPS) is 13.9. The molecule has 0 radical (unpaired) electrons. The van der Waals surface area contributed by atoms with Crippen molar-refractivity contribution in [3.8, 4) is 5.75 Å². The van der Waals surface area contributed by atoms with E-state index >= 15 is 0 Å². The second-order valence-corrected chi connectivity index (χ2v) is 7.88. The Balaban J connectivity index is 1.70. The molecule has 0 atom stereocenters. The topological polar surface area (TPSA) is 50.6 Å². The molecule has 25 heavy (non-hydrogen) atoms. The first kappa shape index (κ1) is 18.0. The highest BCUT2D eigenvalue weighted by molar-refractivity contribution is 7.73. The molecular formula is C17H22N4O2S2. The van der Waals surface area contributed by atoms with Gasteiger partial charge >= 0.3 is 0 Å². The summed E-state index contributed by atoms with van der Waals surface area (Å²) in [5.74, 6) is 0.878. The second kappa shape index (κ2) is 7.63. The molecule has 8 heteroatoms. The van der Waals surface area contributed by atoms with Crippen LogP contribution in [0.5, 0.6) is 5.75 Å². The summed E-state index contributed by atoms with van der Waals surface area (Å²) in [7, 11) is 3.68. The minimum absolute atomic E-state index is 0.0307. The average molecular weight is 379 g/mol. The van der Waals surface area contributed by atoms with Crippen LogP contribution in [0.25, 0.3) is 0 Å². The quantitative estimate of drug-likeness (QED) is 0.692. The molecule has 1 amide bonds. The minimum atomic E-state index is 0.0307. The fourth-order valence-corrected chi connectivity index (χ4v) is 3.92. The molecule has 1 aromatic carbocycles. The van der Waals surface area contributed by atoms with Gasteiger partial charge in [-0.2, -0.15) is 0 Å². The highest BCUT2D eigenvalue weighted by Crippen LogP contribution is 2.33. The van der Waals surface area contributed by atoms with Crippen LogP contribution < -0.4 is 9.64 Å². The van der Waals surface area contributed by atoms with Gasteiger partial charge in [-0.1, -0.05) is 23.5 Å². The van der Waals surface area contributed by atoms with Crippen molar-refractivity contribution in [1.29, 1.82) is 0 Å². The molecule has 3 rings (SSSR count). The first-order valence-corrected chi connectivity index (χ1v) is 9.39. The number of carbonyl (C=O) groups is 1. The van der Waals surface area contributed by atoms with Crippen LogP contribution in [0.3, 0.4) is 0 Å². The molecule has 1 aromatic heterocycles. The first-order valence-electron chi connectivity index (χ1n) is 8.17. The maximum absolute atomic E-state index is 11.9. The van der Waals surface area contributed by atoms with E-state index in [1.165, 1.54) is 11.3 Å². The van der Waals surface area contributed by atoms with E-state index in [4.69, 9.17) is 17.0 Å². The number of nitrogens with zero attached hydrogens (tertiary/aromatic N) is 4. The Labute approximate surface area is 156 Å². The summed E-state index contributed by atoms with van der Waals surface area (Å²) in [6.45, 7) is 2.91. The van der Waals surface area contributed by atoms with Crippen molar-refractivity contribution in [3.05, 3.63) is 33.8 Å². The average Bonchev–Trinajstić information content (AvgIpc) is 3.32. The lowest BCUT2D eigenvalue weighted by atomic mass is 10.2. The van der Waals surface area contributed by atoms with E-state index in [1.54, 1.807) is 23.6 Å². The molecule has 0 N–H and O–H groups in total. The van der Waals surface area contributed by atoms with Gasteiger partial charge in [-0.15, -0.1) is 5.10 Å². The van der Waals surface area contributed by atoms with E-state index in [0.717, 1.165) is 30.7 Å². The summed E-state index contributed by atoms with van der Waals surface area (Å²) in [5, 5.41) is 5.28. The number of rotatable bonds is 7. The maximum Gasteiger partial charge on any atom is 0.225 e. The number of hydrogen-bond acceptors (Lipinski definition) is 6. The Kier molecular flexibility index (Phi) is 5.51. The van der Waals surface area contributed by atoms with E-state index in [2.05, 4.69) is 16.1 Å². The zero-order valence-corrected chi connectivity index (χ0v) is 16.3. The van der Waals surface area contributed by atoms with Crippen LogP contribution in [0.1, 0.15) is 25.3 Å². The Morgan fingerprint density at radius 1 is 1.48 bits per heavy atom. The third-order valence-corrected chi connectivity index (χ3v) is 5.32. The Morgan fingerprint density at radius 2 is 2.24 bits per heavy atom. The Morgan fingerprint density at radius 3 is 2.88 bits per heavy atom. The standard InChI is InChI=1S/C17H22N4O2S2/c1-12(22)21(14-7-8-14)16-18-20(17(24)25-16)11-19(2)10-13-5-4-6-15(9-13)23-3/h4-6,9,14H,7-8,10-11H2,1-3H3. The molecule has 0 saturated heterocycles. The second-order valence-electron chi connectivity index (χ2n) is 6.28. The van der Waals surface area contributed by atoms with Crippen LogP contribution in [0.2, 0.25) is 0 Å². The summed E-state index contributed by atoms with van der Waals surface area (Å²) < 4.78 is 7.73. The number of aromatic nitrogens is 2. The fraction of sp³-hybridized carbons (Fsp3) is 0.471. The minimum Gasteiger partial charge on any atom is -0.497 e. The smallest absolute Gasteiger partial charge is 0.225 e. The Hall–Kier alpha value is -1.77. The molecule has 0 unspecified atom stereocenters. The van der Waals surface area contributed by atoms with Gasteiger partial charge in [0.15, 0.2) is 3.95 Å². The third kappa shape index (κ3) is 4.45. The van der Waals surface area contributed by atoms with Crippen molar-refractivity contribution in [1.82, 2.24) is 14.7 Å². The number of methoxy groups -OCH3 is 1. The summed E-state index contributed by atoms with van der Waals surface area (Å²) in [6.07, 6.45) is 2.09. The van der Waals surface area contributed by atoms with Crippen LogP contribution >= 0.6 is 23.6 Å². The molecule has 0 spiro atoms. The molecule has 1 aliphatic rings. The van der Waals surface area contributed by atoms with Crippen molar-refractivity contribution in [3.63, 3.8) is 0 Å². The molecule has 0 bridgehead atoms. The van der Waals surface area contributed by atoms with Gasteiger partial charge < -0.3 is 4.74 Å². The molecule has 1 saturated carbocycles. The van der Waals surface area contributed by atoms with Gasteiger partial charge in [-0.05, 0) is 49.8 Å². The number of anilines is 1. The van der Waals surface area contributed by atoms with E-state index in [1.807, 2.05) is 25.2 Å². The molecule has 1 heterocycles. The van der Waals surface area contributed by atoms with Crippen molar-refractivity contribution >= 4 is 34.6 Å². The zero-order chi connectivity index (χ0) is 18.0. The summed E-state index contributed by atoms with van der Waals surface area (Å²) >= 11 is 6.84. The molecular weight excluding hydrogens is 356 g/mol. The van der Waals surface area contributed by atoms with Crippen LogP contribution in [-0.4, -0.2) is 40.8 Å². The lowest BCUT2D eigenvalue weighted by Crippen LogP contribution is -2.31. The molecule has 2 aromatic rings. The molecule has 1 fully saturated rings. The van der Waals surface area contributed by atoms with Crippen molar-refractivity contribution in [2.45, 2.75) is 39.0 Å². The van der Waals surface area contributed by atoms with Crippen LogP contribution in [-0.2, 0) is 18.0 Å². The van der Waals surface area contributed by atoms with Crippen LogP contribution in [0, 0.1) is 3.95 Å². The molecule has 1 aliphatic carbocycles. The highest BCUT2D eigenvalue weighted by atomic mass is 32.1. The summed E-state index contributed by atoms with van der Waals surface area (Å²) in [6, 6.07) is 8.29. The van der Waals surface area contributed by atoms with E-state index in [9.17, 15) is 4.79 Å². The lowest BCUT2D eigenvalue weighted by molar-refractivity contribution is -0.116. The SMILES string of the molecule is COc1cccc(CN(C)Cn2nc(N(C(C)=O)C3CC3)sc2=S)c1. The van der Waals surface area contributed by atoms with Gasteiger partial charge in [0.2, 0.25) is 11.0 Å². The number of benzene rings is 1. The van der Waals surface area contributed by atoms with Gasteiger partial charge in [-0.25, -0.2) is 4.68 Å². The van der Waals surface area contributed by atoms with Gasteiger partial charge in [0.1, 0.15) is 5.75 Å². The monoisotopic (exact) mass is 378 g/mol. The third-order valence-electron chi connectivity index (χ3n) is 4.01. The van der Waals surface area contributed by atoms with Crippen molar-refractivity contribution < 1.29 is 9.53 Å². The molecule has 6 nitrogen and oxygen atoms in total. The van der Waals surface area contributed by atoms with Crippen molar-refractivity contribution in [2.75, 3.05) is 19.1 Å². The van der Waals surface area contributed by atoms with Gasteiger partial charge in [0.05, 0.1) is 13.8 Å². The van der Waals surface area contributed by atoms with Crippen molar-refractivity contribution in [2.24, 2.45) is 0 Å². The number of carbonyl (C=O) groups excluding carboxylic acids is 1. The highest BCUT2D eigenvalue weighted by Gasteiger charge is 2.34. The lowest BCUT2D eigenvalue weighted by Gasteiger charge is -2.18. The molecule has 0 aliphatic heterocycles. The van der Waals surface area contributed by atoms with Crippen LogP contribution in [0.15, 0.2) is 24.3 Å². The van der Waals surface area contributed by atoms with E-state index in [-0.39, 0.29) is 5.91 Å². The van der Waals surface area contributed by atoms with Gasteiger partial charge in [-0.3, -0.25) is 14.6 Å². The van der Waals surface area contributed by atoms with Gasteiger partial charge in [0.25, 0.3) is 0 Å². The largest absolute Gasteiger partial charge is 0.497 e. The first-order chi connectivity index (χ1) is 12.0. The number of hydrogen-bond donors (Lipinski definition) is 0. The molecule has 134 valence electrons. The van der Waals surface area contributed by atoms with E-state index in [0.29, 0.717) is 21.8 Å². The number of ether oxygens (including phenoxy) is 1. The predicted molar refractivity (Wildman–Crippen MR) is 102 cm³/mol. The van der Waals surface area contributed by atoms with E-state index < -0.39 is 0 Å².